The van der Waals surface area contributed by atoms with E-state index in [4.69, 9.17) is 5.73 Å². The zero-order valence-corrected chi connectivity index (χ0v) is 9.52. The fourth-order valence-electron chi connectivity index (χ4n) is 1.43. The monoisotopic (exact) mass is 198 g/mol. The van der Waals surface area contributed by atoms with E-state index in [0.717, 1.165) is 6.54 Å². The number of nitrogens with two attached hydrogens (primary N) is 1. The minimum Gasteiger partial charge on any atom is -0.354 e. The molecule has 0 atom stereocenters. The average Bonchev–Trinajstić information content (AvgIpc) is 2.92. The SMILES string of the molecule is CCC(N)(CC)C(=O)NCC1(C)CC1. The second kappa shape index (κ2) is 3.89. The number of nitrogens with one attached hydrogen (secondary N) is 1. The number of carbonyl (C=O) groups is 1. The molecule has 1 aliphatic carbocycles. The molecule has 0 unspecified atom stereocenters. The minimum atomic E-state index is -0.661. The molecular weight excluding hydrogens is 176 g/mol. The van der Waals surface area contributed by atoms with E-state index in [9.17, 15) is 4.79 Å². The second-order valence-electron chi connectivity index (χ2n) is 4.86. The fourth-order valence-corrected chi connectivity index (χ4v) is 1.43. The average molecular weight is 198 g/mol. The molecule has 0 radical (unpaired) electrons. The molecule has 1 amide bonds. The molecule has 14 heavy (non-hydrogen) atoms. The topological polar surface area (TPSA) is 55.1 Å². The van der Waals surface area contributed by atoms with E-state index in [1.54, 1.807) is 0 Å². The van der Waals surface area contributed by atoms with Gasteiger partial charge in [-0.15, -0.1) is 0 Å². The summed E-state index contributed by atoms with van der Waals surface area (Å²) in [5.74, 6) is 0.00984. The fraction of sp³-hybridized carbons (Fsp3) is 0.909. The predicted octanol–water partition coefficient (Wildman–Crippen LogP) is 1.42. The van der Waals surface area contributed by atoms with Crippen molar-refractivity contribution >= 4 is 5.91 Å². The van der Waals surface area contributed by atoms with E-state index in [2.05, 4.69) is 12.2 Å². The third kappa shape index (κ3) is 2.47. The van der Waals surface area contributed by atoms with Crippen LogP contribution in [0, 0.1) is 5.41 Å². The van der Waals surface area contributed by atoms with Crippen LogP contribution in [0.1, 0.15) is 46.5 Å². The van der Waals surface area contributed by atoms with Gasteiger partial charge in [-0.05, 0) is 31.1 Å². The smallest absolute Gasteiger partial charge is 0.240 e. The molecule has 0 aliphatic heterocycles. The maximum absolute atomic E-state index is 11.8. The minimum absolute atomic E-state index is 0.00984. The molecule has 1 aliphatic rings. The van der Waals surface area contributed by atoms with Crippen LogP contribution in [0.4, 0.5) is 0 Å². The molecule has 1 fully saturated rings. The first-order valence-corrected chi connectivity index (χ1v) is 5.53. The maximum Gasteiger partial charge on any atom is 0.240 e. The summed E-state index contributed by atoms with van der Waals surface area (Å²) in [6, 6.07) is 0. The number of hydrogen-bond donors (Lipinski definition) is 2. The molecular formula is C11H22N2O. The van der Waals surface area contributed by atoms with Crippen molar-refractivity contribution < 1.29 is 4.79 Å². The molecule has 0 aromatic rings. The van der Waals surface area contributed by atoms with Crippen molar-refractivity contribution in [3.05, 3.63) is 0 Å². The number of carbonyl (C=O) groups excluding carboxylic acids is 1. The Morgan fingerprint density at radius 1 is 1.43 bits per heavy atom. The first-order chi connectivity index (χ1) is 6.46. The molecule has 0 saturated heterocycles. The molecule has 0 aromatic heterocycles. The number of amides is 1. The molecule has 1 rings (SSSR count). The molecule has 82 valence electrons. The standard InChI is InChI=1S/C11H22N2O/c1-4-11(12,5-2)9(14)13-8-10(3)6-7-10/h4-8,12H2,1-3H3,(H,13,14). The first-order valence-electron chi connectivity index (χ1n) is 5.53. The number of rotatable bonds is 5. The van der Waals surface area contributed by atoms with Gasteiger partial charge in [-0.2, -0.15) is 0 Å². The van der Waals surface area contributed by atoms with Crippen LogP contribution in [0.5, 0.6) is 0 Å². The predicted molar refractivity (Wildman–Crippen MR) is 57.9 cm³/mol. The molecule has 3 nitrogen and oxygen atoms in total. The Balaban J connectivity index is 2.39. The maximum atomic E-state index is 11.8. The van der Waals surface area contributed by atoms with Crippen molar-refractivity contribution in [1.82, 2.24) is 5.32 Å². The van der Waals surface area contributed by atoms with Gasteiger partial charge in [-0.3, -0.25) is 4.79 Å². The van der Waals surface area contributed by atoms with Crippen molar-refractivity contribution in [2.75, 3.05) is 6.54 Å². The van der Waals surface area contributed by atoms with Gasteiger partial charge in [-0.25, -0.2) is 0 Å². The third-order valence-electron chi connectivity index (χ3n) is 3.49. The largest absolute Gasteiger partial charge is 0.354 e. The summed E-state index contributed by atoms with van der Waals surface area (Å²) >= 11 is 0. The Bertz CT molecular complexity index is 217. The quantitative estimate of drug-likeness (QED) is 0.702. The van der Waals surface area contributed by atoms with Crippen molar-refractivity contribution in [3.63, 3.8) is 0 Å². The molecule has 1 saturated carbocycles. The highest BCUT2D eigenvalue weighted by Crippen LogP contribution is 2.44. The molecule has 3 N–H and O–H groups in total. The van der Waals surface area contributed by atoms with Crippen LogP contribution in [-0.4, -0.2) is 18.0 Å². The van der Waals surface area contributed by atoms with Crippen LogP contribution < -0.4 is 11.1 Å². The summed E-state index contributed by atoms with van der Waals surface area (Å²) in [6.07, 6.45) is 3.85. The molecule has 3 heteroatoms. The molecule has 0 aromatic carbocycles. The Kier molecular flexibility index (Phi) is 3.20. The molecule has 0 bridgehead atoms. The van der Waals surface area contributed by atoms with Crippen molar-refractivity contribution in [3.8, 4) is 0 Å². The van der Waals surface area contributed by atoms with E-state index < -0.39 is 5.54 Å². The lowest BCUT2D eigenvalue weighted by atomic mass is 9.93. The highest BCUT2D eigenvalue weighted by atomic mass is 16.2. The van der Waals surface area contributed by atoms with E-state index in [-0.39, 0.29) is 5.91 Å². The van der Waals surface area contributed by atoms with Crippen molar-refractivity contribution in [2.24, 2.45) is 11.1 Å². The van der Waals surface area contributed by atoms with E-state index in [1.165, 1.54) is 12.8 Å². The molecule has 0 spiro atoms. The van der Waals surface area contributed by atoms with E-state index in [1.807, 2.05) is 13.8 Å². The normalized spacial score (nSPS) is 19.1. The Hall–Kier alpha value is -0.570. The van der Waals surface area contributed by atoms with Gasteiger partial charge in [0.05, 0.1) is 5.54 Å². The number of hydrogen-bond acceptors (Lipinski definition) is 2. The lowest BCUT2D eigenvalue weighted by Gasteiger charge is -2.26. The van der Waals surface area contributed by atoms with Crippen LogP contribution in [0.15, 0.2) is 0 Å². The second-order valence-corrected chi connectivity index (χ2v) is 4.86. The summed E-state index contributed by atoms with van der Waals surface area (Å²) in [5.41, 5.74) is 5.68. The third-order valence-corrected chi connectivity index (χ3v) is 3.49. The van der Waals surface area contributed by atoms with Crippen LogP contribution in [0.25, 0.3) is 0 Å². The molecule has 0 heterocycles. The van der Waals surface area contributed by atoms with Gasteiger partial charge >= 0.3 is 0 Å². The summed E-state index contributed by atoms with van der Waals surface area (Å²) in [5, 5.41) is 2.96. The lowest BCUT2D eigenvalue weighted by molar-refractivity contribution is -0.126. The van der Waals surface area contributed by atoms with Gasteiger partial charge in [0, 0.05) is 6.54 Å². The highest BCUT2D eigenvalue weighted by molar-refractivity contribution is 5.85. The van der Waals surface area contributed by atoms with Crippen LogP contribution in [0.2, 0.25) is 0 Å². The zero-order chi connectivity index (χ0) is 10.8. The van der Waals surface area contributed by atoms with Gasteiger partial charge < -0.3 is 11.1 Å². The van der Waals surface area contributed by atoms with Crippen LogP contribution in [-0.2, 0) is 4.79 Å². The Labute approximate surface area is 86.4 Å². The summed E-state index contributed by atoms with van der Waals surface area (Å²) < 4.78 is 0. The van der Waals surface area contributed by atoms with Gasteiger partial charge in [0.2, 0.25) is 5.91 Å². The van der Waals surface area contributed by atoms with Crippen LogP contribution >= 0.6 is 0 Å². The Morgan fingerprint density at radius 3 is 2.29 bits per heavy atom. The van der Waals surface area contributed by atoms with E-state index in [0.29, 0.717) is 18.3 Å². The lowest BCUT2D eigenvalue weighted by Crippen LogP contribution is -2.53. The first kappa shape index (κ1) is 11.5. The van der Waals surface area contributed by atoms with Gasteiger partial charge in [-0.1, -0.05) is 20.8 Å². The summed E-state index contributed by atoms with van der Waals surface area (Å²) in [4.78, 5) is 11.8. The van der Waals surface area contributed by atoms with Crippen molar-refractivity contribution in [1.29, 1.82) is 0 Å². The highest BCUT2D eigenvalue weighted by Gasteiger charge is 2.39. The Morgan fingerprint density at radius 2 is 1.93 bits per heavy atom. The summed E-state index contributed by atoms with van der Waals surface area (Å²) in [7, 11) is 0. The van der Waals surface area contributed by atoms with Gasteiger partial charge in [0.25, 0.3) is 0 Å². The summed E-state index contributed by atoms with van der Waals surface area (Å²) in [6.45, 7) is 6.90. The van der Waals surface area contributed by atoms with Crippen molar-refractivity contribution in [2.45, 2.75) is 52.0 Å². The zero-order valence-electron chi connectivity index (χ0n) is 9.52. The van der Waals surface area contributed by atoms with Gasteiger partial charge in [0.1, 0.15) is 0 Å². The van der Waals surface area contributed by atoms with Crippen LogP contribution in [0.3, 0.4) is 0 Å². The van der Waals surface area contributed by atoms with Gasteiger partial charge in [0.15, 0.2) is 0 Å². The van der Waals surface area contributed by atoms with E-state index >= 15 is 0 Å².